The highest BCUT2D eigenvalue weighted by Gasteiger charge is 2.28. The molecule has 1 saturated carbocycles. The van der Waals surface area contributed by atoms with Gasteiger partial charge in [-0.3, -0.25) is 0 Å². The predicted octanol–water partition coefficient (Wildman–Crippen LogP) is 1.33. The fourth-order valence-corrected chi connectivity index (χ4v) is 2.50. The Balaban J connectivity index is 2.43. The maximum atomic E-state index is 11.7. The van der Waals surface area contributed by atoms with Crippen LogP contribution in [0.2, 0.25) is 0 Å². The molecule has 1 aliphatic rings. The van der Waals surface area contributed by atoms with Crippen molar-refractivity contribution in [2.24, 2.45) is 17.6 Å². The summed E-state index contributed by atoms with van der Waals surface area (Å²) >= 11 is 0. The van der Waals surface area contributed by atoms with Crippen molar-refractivity contribution in [2.75, 3.05) is 13.7 Å². The van der Waals surface area contributed by atoms with Crippen molar-refractivity contribution in [2.45, 2.75) is 45.3 Å². The molecule has 0 aliphatic heterocycles. The minimum Gasteiger partial charge on any atom is -0.460 e. The number of hydrogen-bond donors (Lipinski definition) is 1. The van der Waals surface area contributed by atoms with Crippen molar-refractivity contribution in [3.05, 3.63) is 0 Å². The summed E-state index contributed by atoms with van der Waals surface area (Å²) in [5, 5.41) is 0. The third-order valence-electron chi connectivity index (χ3n) is 3.18. The fraction of sp³-hybridized carbons (Fsp3) is 0.917. The van der Waals surface area contributed by atoms with Crippen molar-refractivity contribution in [1.29, 1.82) is 0 Å². The van der Waals surface area contributed by atoms with Crippen LogP contribution in [0.15, 0.2) is 0 Å². The van der Waals surface area contributed by atoms with Crippen LogP contribution in [0.4, 0.5) is 0 Å². The van der Waals surface area contributed by atoms with Crippen LogP contribution in [-0.4, -0.2) is 31.8 Å². The summed E-state index contributed by atoms with van der Waals surface area (Å²) in [5.74, 6) is 0.928. The first-order chi connectivity index (χ1) is 7.56. The third-order valence-corrected chi connectivity index (χ3v) is 3.18. The second-order valence-corrected chi connectivity index (χ2v) is 4.94. The van der Waals surface area contributed by atoms with Gasteiger partial charge in [0.25, 0.3) is 0 Å². The number of hydrogen-bond acceptors (Lipinski definition) is 4. The number of carbonyl (C=O) groups is 1. The first-order valence-corrected chi connectivity index (χ1v) is 6.00. The number of carbonyl (C=O) groups excluding carboxylic acids is 1. The Hall–Kier alpha value is -0.610. The van der Waals surface area contributed by atoms with Crippen LogP contribution in [-0.2, 0) is 14.3 Å². The first kappa shape index (κ1) is 13.5. The second-order valence-electron chi connectivity index (χ2n) is 4.94. The van der Waals surface area contributed by atoms with E-state index in [1.165, 1.54) is 13.5 Å². The van der Waals surface area contributed by atoms with Gasteiger partial charge in [0.1, 0.15) is 6.10 Å². The Bertz CT molecular complexity index is 218. The number of esters is 1. The van der Waals surface area contributed by atoms with Gasteiger partial charge in [-0.25, -0.2) is 4.79 Å². The SMILES string of the molecule is COC(CN)C(=O)OC1CC(C)CC(C)C1. The van der Waals surface area contributed by atoms with Crippen LogP contribution in [0.25, 0.3) is 0 Å². The quantitative estimate of drug-likeness (QED) is 0.739. The molecule has 3 unspecified atom stereocenters. The van der Waals surface area contributed by atoms with Gasteiger partial charge in [-0.1, -0.05) is 13.8 Å². The molecule has 2 N–H and O–H groups in total. The molecule has 0 spiro atoms. The molecule has 4 nitrogen and oxygen atoms in total. The van der Waals surface area contributed by atoms with E-state index in [1.54, 1.807) is 0 Å². The first-order valence-electron chi connectivity index (χ1n) is 6.00. The molecular weight excluding hydrogens is 206 g/mol. The lowest BCUT2D eigenvalue weighted by molar-refractivity contribution is -0.163. The molecule has 1 rings (SSSR count). The van der Waals surface area contributed by atoms with Gasteiger partial charge in [0.05, 0.1) is 0 Å². The van der Waals surface area contributed by atoms with Crippen LogP contribution < -0.4 is 5.73 Å². The van der Waals surface area contributed by atoms with E-state index in [-0.39, 0.29) is 18.6 Å². The van der Waals surface area contributed by atoms with Crippen LogP contribution in [0.5, 0.6) is 0 Å². The van der Waals surface area contributed by atoms with Crippen molar-refractivity contribution in [1.82, 2.24) is 0 Å². The molecule has 0 heterocycles. The van der Waals surface area contributed by atoms with Crippen molar-refractivity contribution < 1.29 is 14.3 Å². The summed E-state index contributed by atoms with van der Waals surface area (Å²) in [6.07, 6.45) is 2.55. The molecule has 3 atom stereocenters. The average Bonchev–Trinajstić information content (AvgIpc) is 2.17. The fourth-order valence-electron chi connectivity index (χ4n) is 2.50. The van der Waals surface area contributed by atoms with E-state index in [4.69, 9.17) is 15.2 Å². The average molecular weight is 229 g/mol. The summed E-state index contributed by atoms with van der Waals surface area (Å²) in [4.78, 5) is 11.7. The maximum absolute atomic E-state index is 11.7. The van der Waals surface area contributed by atoms with Crippen LogP contribution >= 0.6 is 0 Å². The van der Waals surface area contributed by atoms with Crippen molar-refractivity contribution in [3.63, 3.8) is 0 Å². The van der Waals surface area contributed by atoms with Gasteiger partial charge in [0.15, 0.2) is 6.10 Å². The standard InChI is InChI=1S/C12H23NO3/c1-8-4-9(2)6-10(5-8)16-12(14)11(7-13)15-3/h8-11H,4-7,13H2,1-3H3. The Morgan fingerprint density at radius 2 is 1.88 bits per heavy atom. The molecule has 1 aliphatic carbocycles. The molecular formula is C12H23NO3. The highest BCUT2D eigenvalue weighted by molar-refractivity contribution is 5.75. The number of nitrogens with two attached hydrogens (primary N) is 1. The molecule has 1 fully saturated rings. The summed E-state index contributed by atoms with van der Waals surface area (Å²) in [7, 11) is 1.48. The van der Waals surface area contributed by atoms with E-state index in [0.29, 0.717) is 11.8 Å². The zero-order chi connectivity index (χ0) is 12.1. The maximum Gasteiger partial charge on any atom is 0.336 e. The Kier molecular flexibility index (Phi) is 5.22. The summed E-state index contributed by atoms with van der Waals surface area (Å²) < 4.78 is 10.4. The highest BCUT2D eigenvalue weighted by atomic mass is 16.6. The number of ether oxygens (including phenoxy) is 2. The lowest BCUT2D eigenvalue weighted by Gasteiger charge is -2.31. The van der Waals surface area contributed by atoms with Gasteiger partial charge in [0.2, 0.25) is 0 Å². The minimum absolute atomic E-state index is 0.0375. The van der Waals surface area contributed by atoms with Crippen molar-refractivity contribution in [3.8, 4) is 0 Å². The van der Waals surface area contributed by atoms with E-state index >= 15 is 0 Å². The van der Waals surface area contributed by atoms with Crippen LogP contribution in [0.3, 0.4) is 0 Å². The molecule has 0 bridgehead atoms. The molecule has 0 aromatic carbocycles. The zero-order valence-electron chi connectivity index (χ0n) is 10.4. The second kappa shape index (κ2) is 6.21. The highest BCUT2D eigenvalue weighted by Crippen LogP contribution is 2.30. The van der Waals surface area contributed by atoms with E-state index in [1.807, 2.05) is 0 Å². The lowest BCUT2D eigenvalue weighted by atomic mass is 9.82. The molecule has 0 aromatic rings. The molecule has 0 aromatic heterocycles. The molecule has 4 heteroatoms. The van der Waals surface area contributed by atoms with E-state index < -0.39 is 6.10 Å². The Morgan fingerprint density at radius 1 is 1.31 bits per heavy atom. The van der Waals surface area contributed by atoms with Gasteiger partial charge in [-0.05, 0) is 31.1 Å². The summed E-state index contributed by atoms with van der Waals surface area (Å²) in [5.41, 5.74) is 5.42. The Labute approximate surface area is 97.5 Å². The molecule has 0 saturated heterocycles. The molecule has 16 heavy (non-hydrogen) atoms. The van der Waals surface area contributed by atoms with E-state index in [2.05, 4.69) is 13.8 Å². The van der Waals surface area contributed by atoms with Gasteiger partial charge < -0.3 is 15.2 Å². The third kappa shape index (κ3) is 3.76. The Morgan fingerprint density at radius 3 is 2.31 bits per heavy atom. The smallest absolute Gasteiger partial charge is 0.336 e. The summed E-state index contributed by atoms with van der Waals surface area (Å²) in [6.45, 7) is 4.58. The lowest BCUT2D eigenvalue weighted by Crippen LogP contribution is -2.37. The van der Waals surface area contributed by atoms with Crippen molar-refractivity contribution >= 4 is 5.97 Å². The van der Waals surface area contributed by atoms with Gasteiger partial charge in [-0.15, -0.1) is 0 Å². The van der Waals surface area contributed by atoms with Crippen LogP contribution in [0, 0.1) is 11.8 Å². The minimum atomic E-state index is -0.618. The topological polar surface area (TPSA) is 61.5 Å². The van der Waals surface area contributed by atoms with E-state index in [9.17, 15) is 4.79 Å². The van der Waals surface area contributed by atoms with Crippen LogP contribution in [0.1, 0.15) is 33.1 Å². The molecule has 0 amide bonds. The van der Waals surface area contributed by atoms with Gasteiger partial charge in [0, 0.05) is 13.7 Å². The molecule has 0 radical (unpaired) electrons. The number of methoxy groups -OCH3 is 1. The van der Waals surface area contributed by atoms with E-state index in [0.717, 1.165) is 12.8 Å². The van der Waals surface area contributed by atoms with Gasteiger partial charge in [-0.2, -0.15) is 0 Å². The number of rotatable bonds is 4. The monoisotopic (exact) mass is 229 g/mol. The largest absolute Gasteiger partial charge is 0.460 e. The zero-order valence-corrected chi connectivity index (χ0v) is 10.4. The summed E-state index contributed by atoms with van der Waals surface area (Å²) in [6, 6.07) is 0. The van der Waals surface area contributed by atoms with Gasteiger partial charge >= 0.3 is 5.97 Å². The molecule has 94 valence electrons. The normalized spacial score (nSPS) is 32.1. The predicted molar refractivity (Wildman–Crippen MR) is 61.9 cm³/mol.